The second kappa shape index (κ2) is 9.24. The van der Waals surface area contributed by atoms with Gasteiger partial charge < -0.3 is 10.2 Å². The van der Waals surface area contributed by atoms with E-state index in [2.05, 4.69) is 10.2 Å². The summed E-state index contributed by atoms with van der Waals surface area (Å²) in [7, 11) is 0.230. The van der Waals surface area contributed by atoms with Crippen molar-refractivity contribution in [3.05, 3.63) is 18.2 Å². The van der Waals surface area contributed by atoms with Crippen LogP contribution in [0, 0.1) is 0 Å². The van der Waals surface area contributed by atoms with E-state index in [1.54, 1.807) is 22.5 Å². The zero-order valence-electron chi connectivity index (χ0n) is 17.0. The highest BCUT2D eigenvalue weighted by molar-refractivity contribution is 7.89. The van der Waals surface area contributed by atoms with Crippen molar-refractivity contribution in [1.29, 1.82) is 0 Å². The summed E-state index contributed by atoms with van der Waals surface area (Å²) >= 11 is 0. The summed E-state index contributed by atoms with van der Waals surface area (Å²) in [5.74, 6) is -0.0995. The van der Waals surface area contributed by atoms with Crippen LogP contribution in [0.4, 0.5) is 11.4 Å². The Bertz CT molecular complexity index is 783. The Morgan fingerprint density at radius 3 is 2.21 bits per heavy atom. The number of anilines is 2. The van der Waals surface area contributed by atoms with Crippen LogP contribution < -0.4 is 10.2 Å². The first-order valence-electron chi connectivity index (χ1n) is 10.2. The molecule has 2 aliphatic heterocycles. The molecule has 1 aromatic carbocycles. The number of nitrogens with one attached hydrogen (secondary N) is 1. The first-order chi connectivity index (χ1) is 13.4. The molecule has 1 N–H and O–H groups in total. The summed E-state index contributed by atoms with van der Waals surface area (Å²) in [5.41, 5.74) is 1.34. The van der Waals surface area contributed by atoms with Crippen LogP contribution in [-0.4, -0.2) is 70.3 Å². The first kappa shape index (κ1) is 21.1. The number of carbonyl (C=O) groups is 1. The van der Waals surface area contributed by atoms with Gasteiger partial charge in [0.1, 0.15) is 0 Å². The van der Waals surface area contributed by atoms with Gasteiger partial charge in [0.2, 0.25) is 15.9 Å². The molecule has 2 fully saturated rings. The van der Waals surface area contributed by atoms with Crippen molar-refractivity contribution in [1.82, 2.24) is 9.21 Å². The number of likely N-dealkylation sites (tertiary alicyclic amines) is 1. The van der Waals surface area contributed by atoms with E-state index in [0.29, 0.717) is 25.3 Å². The van der Waals surface area contributed by atoms with Gasteiger partial charge in [-0.05, 0) is 57.0 Å². The molecule has 156 valence electrons. The van der Waals surface area contributed by atoms with Gasteiger partial charge in [0.15, 0.2) is 0 Å². The highest BCUT2D eigenvalue weighted by atomic mass is 32.2. The van der Waals surface area contributed by atoms with E-state index in [4.69, 9.17) is 0 Å². The van der Waals surface area contributed by atoms with E-state index in [-0.39, 0.29) is 10.8 Å². The Morgan fingerprint density at radius 2 is 1.61 bits per heavy atom. The molecular weight excluding hydrogens is 376 g/mol. The molecule has 28 heavy (non-hydrogen) atoms. The van der Waals surface area contributed by atoms with Crippen LogP contribution in [0.25, 0.3) is 0 Å². The molecule has 2 aliphatic rings. The lowest BCUT2D eigenvalue weighted by molar-refractivity contribution is -0.117. The Kier molecular flexibility index (Phi) is 6.95. The summed E-state index contributed by atoms with van der Waals surface area (Å²) in [6.45, 7) is 3.35. The lowest BCUT2D eigenvalue weighted by atomic mass is 10.1. The fourth-order valence-electron chi connectivity index (χ4n) is 3.93. The van der Waals surface area contributed by atoms with Crippen LogP contribution in [0.3, 0.4) is 0 Å². The lowest BCUT2D eigenvalue weighted by Crippen LogP contribution is -2.37. The van der Waals surface area contributed by atoms with E-state index < -0.39 is 10.0 Å². The molecule has 1 amide bonds. The molecule has 3 rings (SSSR count). The molecule has 2 saturated heterocycles. The van der Waals surface area contributed by atoms with Gasteiger partial charge in [-0.25, -0.2) is 8.42 Å². The number of benzene rings is 1. The third-order valence-electron chi connectivity index (χ3n) is 5.49. The van der Waals surface area contributed by atoms with Crippen LogP contribution in [0.1, 0.15) is 38.5 Å². The molecule has 0 aliphatic carbocycles. The Balaban J connectivity index is 1.80. The van der Waals surface area contributed by atoms with Crippen molar-refractivity contribution in [3.8, 4) is 0 Å². The molecule has 0 unspecified atom stereocenters. The van der Waals surface area contributed by atoms with Crippen molar-refractivity contribution in [2.45, 2.75) is 43.4 Å². The summed E-state index contributed by atoms with van der Waals surface area (Å²) in [6.07, 6.45) is 6.34. The number of piperidine rings is 2. The highest BCUT2D eigenvalue weighted by Crippen LogP contribution is 2.30. The third-order valence-corrected chi connectivity index (χ3v) is 7.39. The molecule has 0 aromatic heterocycles. The maximum Gasteiger partial charge on any atom is 0.243 e. The number of rotatable bonds is 6. The molecule has 0 spiro atoms. The van der Waals surface area contributed by atoms with Gasteiger partial charge in [0.25, 0.3) is 0 Å². The number of sulfonamides is 1. The molecule has 0 bridgehead atoms. The minimum Gasteiger partial charge on any atom is -0.376 e. The summed E-state index contributed by atoms with van der Waals surface area (Å²) in [4.78, 5) is 16.9. The highest BCUT2D eigenvalue weighted by Gasteiger charge is 2.27. The van der Waals surface area contributed by atoms with Crippen molar-refractivity contribution in [2.24, 2.45) is 0 Å². The summed E-state index contributed by atoms with van der Waals surface area (Å²) in [5, 5.41) is 2.95. The summed E-state index contributed by atoms with van der Waals surface area (Å²) in [6, 6.07) is 5.01. The molecule has 1 aromatic rings. The van der Waals surface area contributed by atoms with Crippen molar-refractivity contribution < 1.29 is 13.2 Å². The maximum atomic E-state index is 13.0. The van der Waals surface area contributed by atoms with Crippen LogP contribution in [0.2, 0.25) is 0 Å². The van der Waals surface area contributed by atoms with E-state index in [1.807, 2.05) is 19.0 Å². The van der Waals surface area contributed by atoms with Crippen LogP contribution in [0.5, 0.6) is 0 Å². The first-order valence-corrected chi connectivity index (χ1v) is 11.7. The van der Waals surface area contributed by atoms with Gasteiger partial charge in [0.05, 0.1) is 22.8 Å². The molecule has 0 atom stereocenters. The largest absolute Gasteiger partial charge is 0.376 e. The van der Waals surface area contributed by atoms with Gasteiger partial charge >= 0.3 is 0 Å². The van der Waals surface area contributed by atoms with Gasteiger partial charge in [-0.15, -0.1) is 0 Å². The smallest absolute Gasteiger partial charge is 0.243 e. The van der Waals surface area contributed by atoms with Crippen LogP contribution in [-0.2, 0) is 14.8 Å². The SMILES string of the molecule is CN(C)c1ccc(S(=O)(=O)N2CCCCC2)cc1NC(=O)CN1CCCCC1. The van der Waals surface area contributed by atoms with Crippen LogP contribution >= 0.6 is 0 Å². The van der Waals surface area contributed by atoms with Crippen molar-refractivity contribution in [2.75, 3.05) is 57.0 Å². The molecule has 0 saturated carbocycles. The fraction of sp³-hybridized carbons (Fsp3) is 0.650. The van der Waals surface area contributed by atoms with Gasteiger partial charge in [-0.1, -0.05) is 12.8 Å². The van der Waals surface area contributed by atoms with Gasteiger partial charge in [-0.2, -0.15) is 4.31 Å². The second-order valence-electron chi connectivity index (χ2n) is 7.92. The molecular formula is C20H32N4O3S. The Labute approximate surface area is 168 Å². The fourth-order valence-corrected chi connectivity index (χ4v) is 5.47. The minimum absolute atomic E-state index is 0.0995. The van der Waals surface area contributed by atoms with Crippen molar-refractivity contribution >= 4 is 27.3 Å². The number of amides is 1. The predicted molar refractivity (Wildman–Crippen MR) is 112 cm³/mol. The predicted octanol–water partition coefficient (Wildman–Crippen LogP) is 2.35. The van der Waals surface area contributed by atoms with E-state index in [1.165, 1.54) is 6.42 Å². The normalized spacial score (nSPS) is 19.4. The average Bonchev–Trinajstić information content (AvgIpc) is 2.69. The zero-order chi connectivity index (χ0) is 20.1. The molecule has 8 heteroatoms. The number of hydrogen-bond donors (Lipinski definition) is 1. The van der Waals surface area contributed by atoms with E-state index >= 15 is 0 Å². The monoisotopic (exact) mass is 408 g/mol. The van der Waals surface area contributed by atoms with Gasteiger partial charge in [0, 0.05) is 27.2 Å². The number of hydrogen-bond acceptors (Lipinski definition) is 5. The Morgan fingerprint density at radius 1 is 1.00 bits per heavy atom. The molecule has 2 heterocycles. The third kappa shape index (κ3) is 5.04. The standard InChI is InChI=1S/C20H32N4O3S/c1-22(2)19-10-9-17(28(26,27)24-13-7-4-8-14-24)15-18(19)21-20(25)16-23-11-5-3-6-12-23/h9-10,15H,3-8,11-14,16H2,1-2H3,(H,21,25). The van der Waals surface area contributed by atoms with Gasteiger partial charge in [-0.3, -0.25) is 9.69 Å². The van der Waals surface area contributed by atoms with Crippen molar-refractivity contribution in [3.63, 3.8) is 0 Å². The topological polar surface area (TPSA) is 73.0 Å². The lowest BCUT2D eigenvalue weighted by Gasteiger charge is -2.27. The van der Waals surface area contributed by atoms with E-state index in [0.717, 1.165) is 50.9 Å². The minimum atomic E-state index is -3.54. The molecule has 0 radical (unpaired) electrons. The zero-order valence-corrected chi connectivity index (χ0v) is 17.8. The number of nitrogens with zero attached hydrogens (tertiary/aromatic N) is 3. The molecule has 7 nitrogen and oxygen atoms in total. The average molecular weight is 409 g/mol. The summed E-state index contributed by atoms with van der Waals surface area (Å²) < 4.78 is 27.6. The van der Waals surface area contributed by atoms with Crippen LogP contribution in [0.15, 0.2) is 23.1 Å². The number of carbonyl (C=O) groups excluding carboxylic acids is 1. The Hall–Kier alpha value is -1.64. The quantitative estimate of drug-likeness (QED) is 0.782. The van der Waals surface area contributed by atoms with E-state index in [9.17, 15) is 13.2 Å². The second-order valence-corrected chi connectivity index (χ2v) is 9.86. The maximum absolute atomic E-state index is 13.0.